The summed E-state index contributed by atoms with van der Waals surface area (Å²) in [6.45, 7) is 0. The Bertz CT molecular complexity index is 2220. The first kappa shape index (κ1) is 21.8. The number of fused-ring (bicyclic) bond motifs is 4. The van der Waals surface area contributed by atoms with Crippen LogP contribution < -0.4 is 5.56 Å². The number of imidazole rings is 1. The number of hydrogen-bond donors (Lipinski definition) is 0. The van der Waals surface area contributed by atoms with Gasteiger partial charge in [-0.2, -0.15) is 0 Å². The summed E-state index contributed by atoms with van der Waals surface area (Å²) in [5.74, 6) is 0. The zero-order chi connectivity index (χ0) is 25.9. The van der Waals surface area contributed by atoms with Crippen LogP contribution in [0.2, 0.25) is 0 Å². The largest absolute Gasteiger partial charge is 0.268 e. The highest BCUT2D eigenvalue weighted by Gasteiger charge is 2.20. The van der Waals surface area contributed by atoms with E-state index in [0.717, 1.165) is 60.6 Å². The molecule has 0 fully saturated rings. The Morgan fingerprint density at radius 2 is 1.10 bits per heavy atom. The van der Waals surface area contributed by atoms with Gasteiger partial charge in [-0.15, -0.1) is 0 Å². The SMILES string of the molecule is O=c1c2cccc3c(-c4ccccc4)ccc(c32)c2nc3c(-c4ccccc4)cc(-c4ccccc4)cc3n12. The molecule has 39 heavy (non-hydrogen) atoms. The molecular weight excluding hydrogens is 476 g/mol. The summed E-state index contributed by atoms with van der Waals surface area (Å²) in [6, 6.07) is 45.6. The van der Waals surface area contributed by atoms with E-state index in [1.54, 1.807) is 0 Å². The summed E-state index contributed by atoms with van der Waals surface area (Å²) in [4.78, 5) is 19.4. The van der Waals surface area contributed by atoms with Crippen LogP contribution in [0.5, 0.6) is 0 Å². The zero-order valence-corrected chi connectivity index (χ0v) is 21.0. The summed E-state index contributed by atoms with van der Waals surface area (Å²) in [5, 5.41) is 3.72. The Morgan fingerprint density at radius 1 is 0.487 bits per heavy atom. The molecule has 0 spiro atoms. The fraction of sp³-hybridized carbons (Fsp3) is 0. The maximum Gasteiger partial charge on any atom is 0.264 e. The molecule has 0 aliphatic heterocycles. The van der Waals surface area contributed by atoms with Gasteiger partial charge in [0.25, 0.3) is 5.56 Å². The van der Waals surface area contributed by atoms with Gasteiger partial charge in [0.05, 0.1) is 11.0 Å². The van der Waals surface area contributed by atoms with Gasteiger partial charge in [0.1, 0.15) is 5.65 Å². The standard InChI is InChI=1S/C36H22N2O/c39-36-30-18-10-17-28-27(24-13-6-2-7-14-24)19-20-29(33(28)30)35-37-34-31(25-15-8-3-9-16-25)21-26(22-32(34)38(35)36)23-11-4-1-5-12-23/h1-22H. The molecule has 8 aromatic rings. The van der Waals surface area contributed by atoms with Crippen molar-refractivity contribution < 1.29 is 0 Å². The van der Waals surface area contributed by atoms with E-state index < -0.39 is 0 Å². The highest BCUT2D eigenvalue weighted by Crippen LogP contribution is 2.38. The maximum absolute atomic E-state index is 14.2. The summed E-state index contributed by atoms with van der Waals surface area (Å²) in [6.07, 6.45) is 0. The van der Waals surface area contributed by atoms with E-state index in [1.807, 2.05) is 71.1 Å². The lowest BCUT2D eigenvalue weighted by atomic mass is 9.94. The highest BCUT2D eigenvalue weighted by atomic mass is 16.1. The molecule has 2 heterocycles. The number of nitrogens with zero attached hydrogens (tertiary/aromatic N) is 2. The molecule has 0 aliphatic carbocycles. The molecule has 182 valence electrons. The Balaban J connectivity index is 1.54. The third-order valence-electron chi connectivity index (χ3n) is 7.75. The smallest absolute Gasteiger partial charge is 0.264 e. The van der Waals surface area contributed by atoms with E-state index in [2.05, 4.69) is 66.7 Å². The average molecular weight is 499 g/mol. The predicted octanol–water partition coefficient (Wildman–Crippen LogP) is 8.59. The normalized spacial score (nSPS) is 11.7. The summed E-state index contributed by atoms with van der Waals surface area (Å²) in [5.41, 5.74) is 8.80. The second-order valence-electron chi connectivity index (χ2n) is 9.95. The molecule has 0 radical (unpaired) electrons. The number of rotatable bonds is 3. The van der Waals surface area contributed by atoms with Crippen molar-refractivity contribution in [2.75, 3.05) is 0 Å². The highest BCUT2D eigenvalue weighted by molar-refractivity contribution is 6.19. The molecule has 8 rings (SSSR count). The Kier molecular flexibility index (Phi) is 4.67. The van der Waals surface area contributed by atoms with Crippen LogP contribution in [0.3, 0.4) is 0 Å². The molecule has 0 unspecified atom stereocenters. The number of aromatic nitrogens is 2. The van der Waals surface area contributed by atoms with Crippen LogP contribution in [0.15, 0.2) is 138 Å². The van der Waals surface area contributed by atoms with Crippen LogP contribution in [-0.4, -0.2) is 9.38 Å². The first-order chi connectivity index (χ1) is 19.3. The van der Waals surface area contributed by atoms with Gasteiger partial charge in [0.2, 0.25) is 0 Å². The fourth-order valence-corrected chi connectivity index (χ4v) is 5.96. The van der Waals surface area contributed by atoms with Gasteiger partial charge in [-0.25, -0.2) is 4.98 Å². The minimum atomic E-state index is -0.0416. The summed E-state index contributed by atoms with van der Waals surface area (Å²) in [7, 11) is 0. The lowest BCUT2D eigenvalue weighted by Gasteiger charge is -2.12. The molecule has 0 amide bonds. The molecule has 0 bridgehead atoms. The Hall–Kier alpha value is -5.28. The molecule has 0 atom stereocenters. The van der Waals surface area contributed by atoms with Crippen molar-refractivity contribution in [1.82, 2.24) is 9.38 Å². The van der Waals surface area contributed by atoms with Gasteiger partial charge in [-0.05, 0) is 57.5 Å². The molecule has 0 aliphatic rings. The van der Waals surface area contributed by atoms with Gasteiger partial charge < -0.3 is 0 Å². The van der Waals surface area contributed by atoms with E-state index in [1.165, 1.54) is 0 Å². The first-order valence-corrected chi connectivity index (χ1v) is 13.1. The van der Waals surface area contributed by atoms with Crippen LogP contribution in [0.25, 0.3) is 71.6 Å². The van der Waals surface area contributed by atoms with E-state index in [0.29, 0.717) is 11.0 Å². The fourth-order valence-electron chi connectivity index (χ4n) is 5.96. The monoisotopic (exact) mass is 498 g/mol. The lowest BCUT2D eigenvalue weighted by Crippen LogP contribution is -2.13. The van der Waals surface area contributed by atoms with E-state index in [9.17, 15) is 4.79 Å². The summed E-state index contributed by atoms with van der Waals surface area (Å²) >= 11 is 0. The summed E-state index contributed by atoms with van der Waals surface area (Å²) < 4.78 is 1.81. The average Bonchev–Trinajstić information content (AvgIpc) is 3.40. The van der Waals surface area contributed by atoms with Gasteiger partial charge in [0, 0.05) is 21.7 Å². The van der Waals surface area contributed by atoms with Crippen LogP contribution in [0.1, 0.15) is 0 Å². The van der Waals surface area contributed by atoms with Crippen molar-refractivity contribution in [3.63, 3.8) is 0 Å². The quantitative estimate of drug-likeness (QED) is 0.244. The Labute approximate surface area is 224 Å². The molecule has 3 nitrogen and oxygen atoms in total. The molecule has 3 heteroatoms. The minimum Gasteiger partial charge on any atom is -0.268 e. The molecule has 0 saturated heterocycles. The third-order valence-corrected chi connectivity index (χ3v) is 7.75. The predicted molar refractivity (Wildman–Crippen MR) is 161 cm³/mol. The van der Waals surface area contributed by atoms with Crippen molar-refractivity contribution in [3.05, 3.63) is 144 Å². The maximum atomic E-state index is 14.2. The van der Waals surface area contributed by atoms with Crippen molar-refractivity contribution >= 4 is 38.2 Å². The Morgan fingerprint density at radius 3 is 1.79 bits per heavy atom. The van der Waals surface area contributed by atoms with Gasteiger partial charge in [0.15, 0.2) is 0 Å². The minimum absolute atomic E-state index is 0.0416. The van der Waals surface area contributed by atoms with Crippen LogP contribution in [-0.2, 0) is 0 Å². The third kappa shape index (κ3) is 3.23. The van der Waals surface area contributed by atoms with Crippen LogP contribution >= 0.6 is 0 Å². The lowest BCUT2D eigenvalue weighted by molar-refractivity contribution is 1.19. The number of benzene rings is 6. The van der Waals surface area contributed by atoms with Crippen molar-refractivity contribution in [2.24, 2.45) is 0 Å². The second-order valence-corrected chi connectivity index (χ2v) is 9.95. The first-order valence-electron chi connectivity index (χ1n) is 13.1. The van der Waals surface area contributed by atoms with E-state index in [-0.39, 0.29) is 5.56 Å². The van der Waals surface area contributed by atoms with Crippen LogP contribution in [0.4, 0.5) is 0 Å². The van der Waals surface area contributed by atoms with Crippen LogP contribution in [0, 0.1) is 0 Å². The zero-order valence-electron chi connectivity index (χ0n) is 21.0. The van der Waals surface area contributed by atoms with Gasteiger partial charge in [-0.1, -0.05) is 109 Å². The van der Waals surface area contributed by atoms with Crippen molar-refractivity contribution in [1.29, 1.82) is 0 Å². The molecule has 0 saturated carbocycles. The second kappa shape index (κ2) is 8.37. The molecule has 0 N–H and O–H groups in total. The van der Waals surface area contributed by atoms with Gasteiger partial charge >= 0.3 is 0 Å². The van der Waals surface area contributed by atoms with Gasteiger partial charge in [-0.3, -0.25) is 9.20 Å². The topological polar surface area (TPSA) is 34.4 Å². The van der Waals surface area contributed by atoms with Crippen molar-refractivity contribution in [3.8, 4) is 33.4 Å². The van der Waals surface area contributed by atoms with Crippen molar-refractivity contribution in [2.45, 2.75) is 0 Å². The molecule has 2 aromatic heterocycles. The van der Waals surface area contributed by atoms with E-state index >= 15 is 0 Å². The number of hydrogen-bond acceptors (Lipinski definition) is 2. The number of pyridine rings is 1. The molecule has 6 aromatic carbocycles. The molecular formula is C36H22N2O. The van der Waals surface area contributed by atoms with E-state index in [4.69, 9.17) is 4.98 Å².